The first kappa shape index (κ1) is 15.7. The summed E-state index contributed by atoms with van der Waals surface area (Å²) in [6.45, 7) is 5.31. The highest BCUT2D eigenvalue weighted by Gasteiger charge is 2.24. The first-order valence-electron chi connectivity index (χ1n) is 7.75. The minimum Gasteiger partial charge on any atom is -0.372 e. The van der Waals surface area contributed by atoms with Gasteiger partial charge in [0.05, 0.1) is 17.9 Å². The summed E-state index contributed by atoms with van der Waals surface area (Å²) in [6.07, 6.45) is 0.428. The van der Waals surface area contributed by atoms with E-state index in [1.165, 1.54) is 12.1 Å². The first-order valence-corrected chi connectivity index (χ1v) is 7.75. The van der Waals surface area contributed by atoms with Gasteiger partial charge in [0, 0.05) is 25.6 Å². The van der Waals surface area contributed by atoms with Crippen molar-refractivity contribution in [2.75, 3.05) is 18.0 Å². The van der Waals surface area contributed by atoms with Gasteiger partial charge in [-0.3, -0.25) is 9.78 Å². The highest BCUT2D eigenvalue weighted by atomic mass is 19.1. The molecule has 0 radical (unpaired) electrons. The van der Waals surface area contributed by atoms with Gasteiger partial charge in [0.1, 0.15) is 5.82 Å². The van der Waals surface area contributed by atoms with Gasteiger partial charge in [-0.05, 0) is 25.5 Å². The minimum atomic E-state index is -0.287. The molecule has 0 amide bonds. The summed E-state index contributed by atoms with van der Waals surface area (Å²) < 4.78 is 19.5. The van der Waals surface area contributed by atoms with Crippen LogP contribution in [0.2, 0.25) is 0 Å². The topological polar surface area (TPSA) is 58.2 Å². The molecule has 2 aromatic rings. The van der Waals surface area contributed by atoms with Gasteiger partial charge >= 0.3 is 0 Å². The number of aromatic amines is 1. The highest BCUT2D eigenvalue weighted by molar-refractivity contribution is 5.33. The van der Waals surface area contributed by atoms with Crippen LogP contribution in [0.25, 0.3) is 0 Å². The van der Waals surface area contributed by atoms with Gasteiger partial charge in [0.15, 0.2) is 0 Å². The summed E-state index contributed by atoms with van der Waals surface area (Å²) in [5, 5.41) is 0. The van der Waals surface area contributed by atoms with E-state index in [1.807, 2.05) is 18.7 Å². The molecule has 0 spiro atoms. The Bertz CT molecular complexity index is 737. The van der Waals surface area contributed by atoms with E-state index in [9.17, 15) is 9.18 Å². The van der Waals surface area contributed by atoms with Crippen molar-refractivity contribution in [3.8, 4) is 0 Å². The molecule has 2 heterocycles. The quantitative estimate of drug-likeness (QED) is 0.942. The lowest BCUT2D eigenvalue weighted by molar-refractivity contribution is -0.00574. The van der Waals surface area contributed by atoms with Crippen molar-refractivity contribution in [3.05, 3.63) is 57.8 Å². The maximum atomic E-state index is 13.8. The molecule has 3 rings (SSSR count). The molecule has 1 saturated heterocycles. The number of halogens is 1. The Hall–Kier alpha value is -2.21. The van der Waals surface area contributed by atoms with Gasteiger partial charge in [0.25, 0.3) is 5.56 Å². The molecule has 0 saturated carbocycles. The van der Waals surface area contributed by atoms with Crippen LogP contribution in [-0.4, -0.2) is 35.3 Å². The molecule has 1 aliphatic heterocycles. The second-order valence-corrected chi connectivity index (χ2v) is 5.99. The number of benzene rings is 1. The van der Waals surface area contributed by atoms with Crippen LogP contribution in [0.4, 0.5) is 10.3 Å². The number of nitrogens with zero attached hydrogens (tertiary/aromatic N) is 2. The predicted octanol–water partition coefficient (Wildman–Crippen LogP) is 2.11. The number of rotatable bonds is 3. The van der Waals surface area contributed by atoms with E-state index >= 15 is 0 Å². The largest absolute Gasteiger partial charge is 0.372 e. The number of morpholine rings is 1. The number of hydrogen-bond acceptors (Lipinski definition) is 4. The molecule has 1 aromatic carbocycles. The van der Waals surface area contributed by atoms with E-state index in [0.29, 0.717) is 36.7 Å². The Balaban J connectivity index is 1.87. The number of nitrogens with one attached hydrogen (secondary N) is 1. The number of anilines is 1. The zero-order valence-electron chi connectivity index (χ0n) is 13.3. The van der Waals surface area contributed by atoms with Crippen molar-refractivity contribution in [1.29, 1.82) is 0 Å². The van der Waals surface area contributed by atoms with Gasteiger partial charge in [-0.15, -0.1) is 0 Å². The van der Waals surface area contributed by atoms with E-state index < -0.39 is 0 Å². The molecule has 5 nitrogen and oxygen atoms in total. The lowest BCUT2D eigenvalue weighted by atomic mass is 10.1. The molecule has 1 fully saturated rings. The fourth-order valence-corrected chi connectivity index (χ4v) is 2.92. The van der Waals surface area contributed by atoms with Crippen LogP contribution in [0.15, 0.2) is 35.1 Å². The Kier molecular flexibility index (Phi) is 4.43. The molecule has 6 heteroatoms. The monoisotopic (exact) mass is 317 g/mol. The fraction of sp³-hybridized carbons (Fsp3) is 0.412. The van der Waals surface area contributed by atoms with Gasteiger partial charge in [-0.1, -0.05) is 18.2 Å². The Labute approximate surface area is 134 Å². The predicted molar refractivity (Wildman–Crippen MR) is 86.3 cm³/mol. The highest BCUT2D eigenvalue weighted by Crippen LogP contribution is 2.17. The second kappa shape index (κ2) is 6.50. The smallest absolute Gasteiger partial charge is 0.252 e. The van der Waals surface area contributed by atoms with Crippen LogP contribution in [0.5, 0.6) is 0 Å². The lowest BCUT2D eigenvalue weighted by Gasteiger charge is -2.35. The van der Waals surface area contributed by atoms with E-state index in [4.69, 9.17) is 4.74 Å². The van der Waals surface area contributed by atoms with Crippen molar-refractivity contribution in [1.82, 2.24) is 9.97 Å². The van der Waals surface area contributed by atoms with Gasteiger partial charge in [-0.2, -0.15) is 0 Å². The molecule has 0 bridgehead atoms. The number of hydrogen-bond donors (Lipinski definition) is 1. The van der Waals surface area contributed by atoms with E-state index in [-0.39, 0.29) is 23.6 Å². The molecule has 0 unspecified atom stereocenters. The van der Waals surface area contributed by atoms with Crippen LogP contribution in [0.3, 0.4) is 0 Å². The standard InChI is InChI=1S/C17H20FN3O2/c1-11-9-21(10-12(2)23-11)17-19-14(8-16(22)20-17)7-13-5-3-4-6-15(13)18/h3-6,8,11-12H,7,9-10H2,1-2H3,(H,19,20,22)/t11-,12+. The molecule has 2 atom stereocenters. The molecule has 1 N–H and O–H groups in total. The SMILES string of the molecule is C[C@@H]1CN(c2nc(Cc3ccccc3F)cc(=O)[nH]2)C[C@H](C)O1. The summed E-state index contributed by atoms with van der Waals surface area (Å²) in [6, 6.07) is 7.96. The molecule has 0 aliphatic carbocycles. The van der Waals surface area contributed by atoms with Gasteiger partial charge < -0.3 is 9.64 Å². The Morgan fingerprint density at radius 2 is 2.00 bits per heavy atom. The zero-order chi connectivity index (χ0) is 16.4. The minimum absolute atomic E-state index is 0.0688. The second-order valence-electron chi connectivity index (χ2n) is 5.99. The summed E-state index contributed by atoms with van der Waals surface area (Å²) >= 11 is 0. The Morgan fingerprint density at radius 1 is 1.30 bits per heavy atom. The average Bonchev–Trinajstić information content (AvgIpc) is 2.48. The average molecular weight is 317 g/mol. The Morgan fingerprint density at radius 3 is 2.70 bits per heavy atom. The molecule has 1 aromatic heterocycles. The molecular formula is C17H20FN3O2. The normalized spacial score (nSPS) is 21.4. The van der Waals surface area contributed by atoms with E-state index in [0.717, 1.165) is 0 Å². The van der Waals surface area contributed by atoms with Crippen LogP contribution in [0.1, 0.15) is 25.1 Å². The van der Waals surface area contributed by atoms with Crippen LogP contribution in [-0.2, 0) is 11.2 Å². The van der Waals surface area contributed by atoms with Crippen molar-refractivity contribution in [2.45, 2.75) is 32.5 Å². The van der Waals surface area contributed by atoms with Crippen molar-refractivity contribution in [3.63, 3.8) is 0 Å². The van der Waals surface area contributed by atoms with Crippen LogP contribution < -0.4 is 10.5 Å². The van der Waals surface area contributed by atoms with Crippen LogP contribution >= 0.6 is 0 Å². The third-order valence-electron chi connectivity index (χ3n) is 3.83. The summed E-state index contributed by atoms with van der Waals surface area (Å²) in [5.74, 6) is 0.232. The number of aromatic nitrogens is 2. The maximum Gasteiger partial charge on any atom is 0.252 e. The molecule has 23 heavy (non-hydrogen) atoms. The first-order chi connectivity index (χ1) is 11.0. The summed E-state index contributed by atoms with van der Waals surface area (Å²) in [7, 11) is 0. The van der Waals surface area contributed by atoms with Gasteiger partial charge in [-0.25, -0.2) is 9.37 Å². The summed E-state index contributed by atoms with van der Waals surface area (Å²) in [5.41, 5.74) is 0.856. The van der Waals surface area contributed by atoms with E-state index in [2.05, 4.69) is 9.97 Å². The third kappa shape index (κ3) is 3.76. The van der Waals surface area contributed by atoms with Crippen molar-refractivity contribution >= 4 is 5.95 Å². The number of ether oxygens (including phenoxy) is 1. The molecule has 1 aliphatic rings. The lowest BCUT2D eigenvalue weighted by Crippen LogP contribution is -2.46. The van der Waals surface area contributed by atoms with Gasteiger partial charge in [0.2, 0.25) is 5.95 Å². The molecule has 122 valence electrons. The van der Waals surface area contributed by atoms with E-state index in [1.54, 1.807) is 18.2 Å². The van der Waals surface area contributed by atoms with Crippen LogP contribution in [0, 0.1) is 5.82 Å². The molecular weight excluding hydrogens is 297 g/mol. The number of H-pyrrole nitrogens is 1. The fourth-order valence-electron chi connectivity index (χ4n) is 2.92. The maximum absolute atomic E-state index is 13.8. The van der Waals surface area contributed by atoms with Crippen molar-refractivity contribution in [2.24, 2.45) is 0 Å². The van der Waals surface area contributed by atoms with Crippen molar-refractivity contribution < 1.29 is 9.13 Å². The third-order valence-corrected chi connectivity index (χ3v) is 3.83. The zero-order valence-corrected chi connectivity index (χ0v) is 13.3. The summed E-state index contributed by atoms with van der Waals surface area (Å²) in [4.78, 5) is 21.2.